The zero-order chi connectivity index (χ0) is 16.8. The molecule has 0 saturated carbocycles. The number of non-ortho nitro benzene ring substituents is 1. The van der Waals surface area contributed by atoms with Gasteiger partial charge in [0, 0.05) is 37.6 Å². The standard InChI is InChI=1S/C15H15ClN4O2S/c1-2-19(10-11-5-7-17-8-6-11)15(23)18-14-9-12(20(21)22)3-4-13(14)16/h3-9H,2,10H2,1H3,(H,18,23). The first kappa shape index (κ1) is 17.1. The van der Waals surface area contributed by atoms with E-state index in [1.165, 1.54) is 18.2 Å². The highest BCUT2D eigenvalue weighted by atomic mass is 35.5. The fraction of sp³-hybridized carbons (Fsp3) is 0.200. The number of nitro groups is 1. The Kier molecular flexibility index (Phi) is 5.84. The largest absolute Gasteiger partial charge is 0.345 e. The summed E-state index contributed by atoms with van der Waals surface area (Å²) < 4.78 is 0. The number of nitrogens with zero attached hydrogens (tertiary/aromatic N) is 3. The molecule has 8 heteroatoms. The first-order valence-electron chi connectivity index (χ1n) is 6.90. The molecule has 0 unspecified atom stereocenters. The fourth-order valence-corrected chi connectivity index (χ4v) is 2.42. The molecule has 0 aliphatic heterocycles. The Labute approximate surface area is 144 Å². The number of hydrogen-bond donors (Lipinski definition) is 1. The van der Waals surface area contributed by atoms with Gasteiger partial charge in [-0.25, -0.2) is 0 Å². The Morgan fingerprint density at radius 3 is 2.70 bits per heavy atom. The van der Waals surface area contributed by atoms with Gasteiger partial charge in [0.1, 0.15) is 0 Å². The molecule has 0 bridgehead atoms. The third kappa shape index (κ3) is 4.61. The van der Waals surface area contributed by atoms with Gasteiger partial charge >= 0.3 is 0 Å². The van der Waals surface area contributed by atoms with E-state index in [4.69, 9.17) is 23.8 Å². The molecule has 1 aromatic heterocycles. The number of benzene rings is 1. The number of pyridine rings is 1. The zero-order valence-corrected chi connectivity index (χ0v) is 14.0. The lowest BCUT2D eigenvalue weighted by molar-refractivity contribution is -0.384. The van der Waals surface area contributed by atoms with Crippen LogP contribution in [0.25, 0.3) is 0 Å². The Hall–Kier alpha value is -2.25. The summed E-state index contributed by atoms with van der Waals surface area (Å²) in [6, 6.07) is 8.01. The minimum atomic E-state index is -0.473. The van der Waals surface area contributed by atoms with Crippen molar-refractivity contribution >= 4 is 40.3 Å². The summed E-state index contributed by atoms with van der Waals surface area (Å²) in [7, 11) is 0. The molecule has 0 aliphatic rings. The summed E-state index contributed by atoms with van der Waals surface area (Å²) >= 11 is 11.5. The van der Waals surface area contributed by atoms with Gasteiger partial charge in [-0.3, -0.25) is 15.1 Å². The van der Waals surface area contributed by atoms with Gasteiger partial charge in [-0.05, 0) is 42.9 Å². The predicted molar refractivity (Wildman–Crippen MR) is 94.6 cm³/mol. The number of nitrogens with one attached hydrogen (secondary N) is 1. The number of halogens is 1. The second-order valence-corrected chi connectivity index (χ2v) is 5.51. The number of aromatic nitrogens is 1. The lowest BCUT2D eigenvalue weighted by Crippen LogP contribution is -2.34. The smallest absolute Gasteiger partial charge is 0.271 e. The molecule has 1 aromatic carbocycles. The van der Waals surface area contributed by atoms with Gasteiger partial charge in [0.2, 0.25) is 0 Å². The van der Waals surface area contributed by atoms with Crippen LogP contribution in [0.15, 0.2) is 42.7 Å². The molecule has 0 amide bonds. The van der Waals surface area contributed by atoms with Crippen LogP contribution >= 0.6 is 23.8 Å². The average Bonchev–Trinajstić information content (AvgIpc) is 2.55. The third-order valence-corrected chi connectivity index (χ3v) is 3.88. The molecule has 0 atom stereocenters. The van der Waals surface area contributed by atoms with Crippen LogP contribution in [-0.4, -0.2) is 26.5 Å². The van der Waals surface area contributed by atoms with Crippen molar-refractivity contribution in [2.75, 3.05) is 11.9 Å². The quantitative estimate of drug-likeness (QED) is 0.501. The minimum Gasteiger partial charge on any atom is -0.345 e. The molecule has 0 spiro atoms. The van der Waals surface area contributed by atoms with E-state index in [0.29, 0.717) is 28.9 Å². The summed E-state index contributed by atoms with van der Waals surface area (Å²) in [5, 5.41) is 14.7. The molecule has 2 rings (SSSR count). The van der Waals surface area contributed by atoms with Crippen LogP contribution in [0.1, 0.15) is 12.5 Å². The molecule has 2 aromatic rings. The van der Waals surface area contributed by atoms with Crippen LogP contribution in [0.5, 0.6) is 0 Å². The van der Waals surface area contributed by atoms with E-state index in [2.05, 4.69) is 10.3 Å². The number of thiocarbonyl (C=S) groups is 1. The minimum absolute atomic E-state index is 0.0446. The van der Waals surface area contributed by atoms with Crippen LogP contribution in [-0.2, 0) is 6.54 Å². The van der Waals surface area contributed by atoms with Crippen molar-refractivity contribution in [2.24, 2.45) is 0 Å². The van der Waals surface area contributed by atoms with Crippen LogP contribution < -0.4 is 5.32 Å². The van der Waals surface area contributed by atoms with E-state index >= 15 is 0 Å². The van der Waals surface area contributed by atoms with Crippen molar-refractivity contribution in [1.82, 2.24) is 9.88 Å². The molecule has 1 heterocycles. The molecule has 23 heavy (non-hydrogen) atoms. The van der Waals surface area contributed by atoms with Crippen molar-refractivity contribution in [3.05, 3.63) is 63.4 Å². The highest BCUT2D eigenvalue weighted by Gasteiger charge is 2.14. The number of rotatable bonds is 5. The summed E-state index contributed by atoms with van der Waals surface area (Å²) in [4.78, 5) is 16.3. The van der Waals surface area contributed by atoms with Gasteiger partial charge in [0.25, 0.3) is 5.69 Å². The van der Waals surface area contributed by atoms with Crippen molar-refractivity contribution in [3.63, 3.8) is 0 Å². The normalized spacial score (nSPS) is 10.2. The van der Waals surface area contributed by atoms with Crippen LogP contribution in [0.2, 0.25) is 5.02 Å². The van der Waals surface area contributed by atoms with Crippen LogP contribution in [0, 0.1) is 10.1 Å². The number of anilines is 1. The Morgan fingerprint density at radius 1 is 1.39 bits per heavy atom. The SMILES string of the molecule is CCN(Cc1ccncc1)C(=S)Nc1cc([N+](=O)[O-])ccc1Cl. The third-order valence-electron chi connectivity index (χ3n) is 3.19. The average molecular weight is 351 g/mol. The van der Waals surface area contributed by atoms with E-state index in [0.717, 1.165) is 5.56 Å². The monoisotopic (exact) mass is 350 g/mol. The highest BCUT2D eigenvalue weighted by molar-refractivity contribution is 7.80. The predicted octanol–water partition coefficient (Wildman–Crippen LogP) is 3.86. The van der Waals surface area contributed by atoms with Gasteiger partial charge in [-0.2, -0.15) is 0 Å². The van der Waals surface area contributed by atoms with Gasteiger partial charge in [-0.1, -0.05) is 11.6 Å². The van der Waals surface area contributed by atoms with Crippen LogP contribution in [0.3, 0.4) is 0 Å². The van der Waals surface area contributed by atoms with Gasteiger partial charge in [0.05, 0.1) is 15.6 Å². The zero-order valence-electron chi connectivity index (χ0n) is 12.4. The topological polar surface area (TPSA) is 71.3 Å². The Morgan fingerprint density at radius 2 is 2.09 bits per heavy atom. The molecule has 0 fully saturated rings. The molecule has 0 aliphatic carbocycles. The van der Waals surface area contributed by atoms with Crippen molar-refractivity contribution in [3.8, 4) is 0 Å². The van der Waals surface area contributed by atoms with E-state index in [-0.39, 0.29) is 5.69 Å². The summed E-state index contributed by atoms with van der Waals surface area (Å²) in [6.45, 7) is 3.27. The first-order chi connectivity index (χ1) is 11.0. The molecule has 0 radical (unpaired) electrons. The lowest BCUT2D eigenvalue weighted by Gasteiger charge is -2.24. The second kappa shape index (κ2) is 7.85. The van der Waals surface area contributed by atoms with E-state index in [9.17, 15) is 10.1 Å². The number of nitro benzene ring substituents is 1. The van der Waals surface area contributed by atoms with E-state index in [1.807, 2.05) is 24.0 Å². The first-order valence-corrected chi connectivity index (χ1v) is 7.68. The highest BCUT2D eigenvalue weighted by Crippen LogP contribution is 2.27. The Balaban J connectivity index is 2.13. The molecular weight excluding hydrogens is 336 g/mol. The molecule has 0 saturated heterocycles. The van der Waals surface area contributed by atoms with Crippen LogP contribution in [0.4, 0.5) is 11.4 Å². The maximum atomic E-state index is 10.9. The van der Waals surface area contributed by atoms with Crippen molar-refractivity contribution in [2.45, 2.75) is 13.5 Å². The summed E-state index contributed by atoms with van der Waals surface area (Å²) in [6.07, 6.45) is 3.44. The summed E-state index contributed by atoms with van der Waals surface area (Å²) in [5.41, 5.74) is 1.44. The van der Waals surface area contributed by atoms with E-state index in [1.54, 1.807) is 12.4 Å². The van der Waals surface area contributed by atoms with E-state index < -0.39 is 4.92 Å². The second-order valence-electron chi connectivity index (χ2n) is 4.72. The van der Waals surface area contributed by atoms with Gasteiger partial charge in [-0.15, -0.1) is 0 Å². The molecular formula is C15H15ClN4O2S. The molecule has 1 N–H and O–H groups in total. The van der Waals surface area contributed by atoms with Crippen molar-refractivity contribution in [1.29, 1.82) is 0 Å². The summed E-state index contributed by atoms with van der Waals surface area (Å²) in [5.74, 6) is 0. The van der Waals surface area contributed by atoms with Gasteiger partial charge in [0.15, 0.2) is 5.11 Å². The van der Waals surface area contributed by atoms with Gasteiger partial charge < -0.3 is 10.2 Å². The fourth-order valence-electron chi connectivity index (χ4n) is 1.95. The molecule has 6 nitrogen and oxygen atoms in total. The maximum Gasteiger partial charge on any atom is 0.271 e. The maximum absolute atomic E-state index is 10.9. The van der Waals surface area contributed by atoms with Crippen molar-refractivity contribution < 1.29 is 4.92 Å². The number of hydrogen-bond acceptors (Lipinski definition) is 4. The molecule has 120 valence electrons. The Bertz CT molecular complexity index is 712. The lowest BCUT2D eigenvalue weighted by atomic mass is 10.2.